The van der Waals surface area contributed by atoms with Crippen LogP contribution in [-0.4, -0.2) is 23.7 Å². The predicted octanol–water partition coefficient (Wildman–Crippen LogP) is 2.54. The molecular formula is C16H19ClFNO2. The standard InChI is InChI=1S/C16H19ClFNO2/c17-13-2-1-3-14(18)11(13)7-15(21)19-16-10-5-4-9(6-10)12(16)8-20/h1-3,9-10,12,16,20H,4-8H2,(H,19,21). The summed E-state index contributed by atoms with van der Waals surface area (Å²) < 4.78 is 13.7. The van der Waals surface area contributed by atoms with Crippen molar-refractivity contribution >= 4 is 17.5 Å². The number of benzene rings is 1. The fourth-order valence-corrected chi connectivity index (χ4v) is 4.23. The van der Waals surface area contributed by atoms with E-state index in [1.165, 1.54) is 12.1 Å². The van der Waals surface area contributed by atoms with Gasteiger partial charge >= 0.3 is 0 Å². The van der Waals surface area contributed by atoms with Crippen LogP contribution in [0.2, 0.25) is 5.02 Å². The molecule has 0 radical (unpaired) electrons. The first-order chi connectivity index (χ1) is 10.1. The van der Waals surface area contributed by atoms with E-state index in [1.54, 1.807) is 6.07 Å². The summed E-state index contributed by atoms with van der Waals surface area (Å²) in [5.74, 6) is 0.431. The molecule has 0 saturated heterocycles. The van der Waals surface area contributed by atoms with E-state index in [0.717, 1.165) is 19.3 Å². The van der Waals surface area contributed by atoms with E-state index >= 15 is 0 Å². The van der Waals surface area contributed by atoms with Crippen LogP contribution in [0.3, 0.4) is 0 Å². The second-order valence-corrected chi connectivity index (χ2v) is 6.56. The molecule has 2 saturated carbocycles. The van der Waals surface area contributed by atoms with Crippen molar-refractivity contribution in [3.63, 3.8) is 0 Å². The predicted molar refractivity (Wildman–Crippen MR) is 78.5 cm³/mol. The van der Waals surface area contributed by atoms with E-state index < -0.39 is 5.82 Å². The molecule has 21 heavy (non-hydrogen) atoms. The summed E-state index contributed by atoms with van der Waals surface area (Å²) in [5, 5.41) is 12.8. The zero-order chi connectivity index (χ0) is 15.0. The number of aliphatic hydroxyl groups excluding tert-OH is 1. The minimum atomic E-state index is -0.454. The second kappa shape index (κ2) is 5.93. The quantitative estimate of drug-likeness (QED) is 0.898. The van der Waals surface area contributed by atoms with Crippen molar-refractivity contribution in [3.8, 4) is 0 Å². The number of rotatable bonds is 4. The molecule has 0 heterocycles. The van der Waals surface area contributed by atoms with Crippen molar-refractivity contribution in [2.24, 2.45) is 17.8 Å². The summed E-state index contributed by atoms with van der Waals surface area (Å²) in [7, 11) is 0. The van der Waals surface area contributed by atoms with Crippen molar-refractivity contribution in [2.75, 3.05) is 6.61 Å². The summed E-state index contributed by atoms with van der Waals surface area (Å²) in [6, 6.07) is 4.44. The summed E-state index contributed by atoms with van der Waals surface area (Å²) in [5.41, 5.74) is 0.236. The zero-order valence-electron chi connectivity index (χ0n) is 11.7. The van der Waals surface area contributed by atoms with Gasteiger partial charge in [0.15, 0.2) is 0 Å². The normalized spacial score (nSPS) is 30.6. The maximum Gasteiger partial charge on any atom is 0.224 e. The average Bonchev–Trinajstić information content (AvgIpc) is 3.04. The van der Waals surface area contributed by atoms with E-state index in [2.05, 4.69) is 5.32 Å². The number of amides is 1. The van der Waals surface area contributed by atoms with Gasteiger partial charge in [0.2, 0.25) is 5.91 Å². The van der Waals surface area contributed by atoms with Crippen LogP contribution in [-0.2, 0) is 11.2 Å². The van der Waals surface area contributed by atoms with Crippen LogP contribution in [0.5, 0.6) is 0 Å². The number of aliphatic hydroxyl groups is 1. The molecule has 0 spiro atoms. The van der Waals surface area contributed by atoms with Gasteiger partial charge in [-0.2, -0.15) is 0 Å². The molecule has 3 nitrogen and oxygen atoms in total. The number of nitrogens with one attached hydrogen (secondary N) is 1. The number of fused-ring (bicyclic) bond motifs is 2. The third-order valence-electron chi connectivity index (χ3n) is 5.03. The van der Waals surface area contributed by atoms with Crippen molar-refractivity contribution in [3.05, 3.63) is 34.6 Å². The molecule has 2 aliphatic carbocycles. The molecule has 4 unspecified atom stereocenters. The lowest BCUT2D eigenvalue weighted by molar-refractivity contribution is -0.122. The third-order valence-corrected chi connectivity index (χ3v) is 5.38. The first kappa shape index (κ1) is 14.8. The molecule has 2 fully saturated rings. The van der Waals surface area contributed by atoms with Crippen LogP contribution in [0.4, 0.5) is 4.39 Å². The molecule has 2 aliphatic rings. The molecule has 0 aromatic heterocycles. The molecule has 1 aromatic rings. The molecule has 2 bridgehead atoms. The Morgan fingerprint density at radius 1 is 1.38 bits per heavy atom. The largest absolute Gasteiger partial charge is 0.396 e. The maximum absolute atomic E-state index is 13.7. The van der Waals surface area contributed by atoms with Crippen LogP contribution in [0.15, 0.2) is 18.2 Å². The minimum absolute atomic E-state index is 0.0202. The molecule has 0 aliphatic heterocycles. The zero-order valence-corrected chi connectivity index (χ0v) is 12.4. The molecule has 2 N–H and O–H groups in total. The smallest absolute Gasteiger partial charge is 0.224 e. The van der Waals surface area contributed by atoms with Gasteiger partial charge in [0, 0.05) is 29.2 Å². The lowest BCUT2D eigenvalue weighted by Crippen LogP contribution is -2.45. The van der Waals surface area contributed by atoms with E-state index in [1.807, 2.05) is 0 Å². The van der Waals surface area contributed by atoms with Gasteiger partial charge in [0.1, 0.15) is 5.82 Å². The lowest BCUT2D eigenvalue weighted by atomic mass is 9.85. The summed E-state index contributed by atoms with van der Waals surface area (Å²) in [6.45, 7) is 0.104. The summed E-state index contributed by atoms with van der Waals surface area (Å²) >= 11 is 5.95. The van der Waals surface area contributed by atoms with Gasteiger partial charge in [0.05, 0.1) is 6.42 Å². The summed E-state index contributed by atoms with van der Waals surface area (Å²) in [4.78, 5) is 12.2. The second-order valence-electron chi connectivity index (χ2n) is 6.15. The average molecular weight is 312 g/mol. The SMILES string of the molecule is O=C(Cc1c(F)cccc1Cl)NC1C2CCC(C2)C1CO. The topological polar surface area (TPSA) is 49.3 Å². The first-order valence-corrected chi connectivity index (χ1v) is 7.81. The number of halogens is 2. The van der Waals surface area contributed by atoms with Gasteiger partial charge < -0.3 is 10.4 Å². The van der Waals surface area contributed by atoms with Crippen LogP contribution in [0.25, 0.3) is 0 Å². The fraction of sp³-hybridized carbons (Fsp3) is 0.562. The number of carbonyl (C=O) groups is 1. The molecule has 1 aromatic carbocycles. The Morgan fingerprint density at radius 2 is 2.14 bits per heavy atom. The monoisotopic (exact) mass is 311 g/mol. The van der Waals surface area contributed by atoms with Crippen molar-refractivity contribution in [2.45, 2.75) is 31.7 Å². The Balaban J connectivity index is 1.67. The Bertz CT molecular complexity index is 531. The van der Waals surface area contributed by atoms with Crippen LogP contribution in [0.1, 0.15) is 24.8 Å². The lowest BCUT2D eigenvalue weighted by Gasteiger charge is -2.30. The van der Waals surface area contributed by atoms with E-state index in [-0.39, 0.29) is 41.5 Å². The molecular weight excluding hydrogens is 293 g/mol. The van der Waals surface area contributed by atoms with E-state index in [0.29, 0.717) is 11.8 Å². The van der Waals surface area contributed by atoms with Crippen LogP contribution < -0.4 is 5.32 Å². The van der Waals surface area contributed by atoms with Crippen molar-refractivity contribution < 1.29 is 14.3 Å². The molecule has 114 valence electrons. The van der Waals surface area contributed by atoms with E-state index in [4.69, 9.17) is 11.6 Å². The fourth-order valence-electron chi connectivity index (χ4n) is 4.00. The highest BCUT2D eigenvalue weighted by Gasteiger charge is 2.47. The minimum Gasteiger partial charge on any atom is -0.396 e. The maximum atomic E-state index is 13.7. The first-order valence-electron chi connectivity index (χ1n) is 7.43. The van der Waals surface area contributed by atoms with Crippen molar-refractivity contribution in [1.29, 1.82) is 0 Å². The number of hydrogen-bond donors (Lipinski definition) is 2. The highest BCUT2D eigenvalue weighted by Crippen LogP contribution is 2.48. The molecule has 5 heteroatoms. The Labute approximate surface area is 128 Å². The van der Waals surface area contributed by atoms with Gasteiger partial charge in [-0.1, -0.05) is 17.7 Å². The van der Waals surface area contributed by atoms with Gasteiger partial charge in [-0.25, -0.2) is 4.39 Å². The Hall–Kier alpha value is -1.13. The highest BCUT2D eigenvalue weighted by molar-refractivity contribution is 6.31. The van der Waals surface area contributed by atoms with Gasteiger partial charge in [-0.15, -0.1) is 0 Å². The molecule has 3 rings (SSSR count). The van der Waals surface area contributed by atoms with Gasteiger partial charge in [-0.05, 0) is 43.2 Å². The van der Waals surface area contributed by atoms with Crippen LogP contribution in [0, 0.1) is 23.6 Å². The van der Waals surface area contributed by atoms with E-state index in [9.17, 15) is 14.3 Å². The van der Waals surface area contributed by atoms with Crippen molar-refractivity contribution in [1.82, 2.24) is 5.32 Å². The Kier molecular flexibility index (Phi) is 4.18. The number of carbonyl (C=O) groups excluding carboxylic acids is 1. The highest BCUT2D eigenvalue weighted by atomic mass is 35.5. The van der Waals surface area contributed by atoms with Gasteiger partial charge in [0.25, 0.3) is 0 Å². The van der Waals surface area contributed by atoms with Gasteiger partial charge in [-0.3, -0.25) is 4.79 Å². The summed E-state index contributed by atoms with van der Waals surface area (Å²) in [6.07, 6.45) is 3.27. The van der Waals surface area contributed by atoms with Crippen LogP contribution >= 0.6 is 11.6 Å². The number of hydrogen-bond acceptors (Lipinski definition) is 2. The Morgan fingerprint density at radius 3 is 2.86 bits per heavy atom. The third kappa shape index (κ3) is 2.79. The molecule has 1 amide bonds. The molecule has 4 atom stereocenters.